The summed E-state index contributed by atoms with van der Waals surface area (Å²) in [5, 5.41) is 6.83. The van der Waals surface area contributed by atoms with Crippen LogP contribution < -0.4 is 20.3 Å². The van der Waals surface area contributed by atoms with Gasteiger partial charge in [-0.25, -0.2) is 4.52 Å². The molecule has 3 rings (SSSR count). The van der Waals surface area contributed by atoms with Crippen molar-refractivity contribution in [3.63, 3.8) is 0 Å². The number of carbonyl (C=O) groups excluding carboxylic acids is 1. The number of H-pyrrole nitrogens is 1. The molecule has 2 aromatic heterocycles. The van der Waals surface area contributed by atoms with Gasteiger partial charge in [-0.3, -0.25) is 9.59 Å². The highest BCUT2D eigenvalue weighted by molar-refractivity contribution is 5.93. The number of ether oxygens (including phenoxy) is 2. The van der Waals surface area contributed by atoms with E-state index < -0.39 is 0 Å². The Labute approximate surface area is 143 Å². The molecule has 0 aliphatic rings. The van der Waals surface area contributed by atoms with Crippen LogP contribution in [0.5, 0.6) is 11.5 Å². The Morgan fingerprint density at radius 2 is 2.08 bits per heavy atom. The zero-order valence-corrected chi connectivity index (χ0v) is 13.9. The Morgan fingerprint density at radius 1 is 1.32 bits per heavy atom. The first-order valence-electron chi connectivity index (χ1n) is 7.72. The van der Waals surface area contributed by atoms with Crippen molar-refractivity contribution in [3.8, 4) is 11.5 Å². The molecular weight excluding hydrogens is 324 g/mol. The average molecular weight is 342 g/mol. The summed E-state index contributed by atoms with van der Waals surface area (Å²) in [5.41, 5.74) is 0.873. The van der Waals surface area contributed by atoms with Crippen LogP contribution in [-0.4, -0.2) is 40.8 Å². The summed E-state index contributed by atoms with van der Waals surface area (Å²) >= 11 is 0. The number of aromatic nitrogens is 3. The molecule has 0 aliphatic carbocycles. The van der Waals surface area contributed by atoms with Gasteiger partial charge in [0.2, 0.25) is 0 Å². The Hall–Kier alpha value is -3.29. The number of nitrogens with zero attached hydrogens (tertiary/aromatic N) is 2. The van der Waals surface area contributed by atoms with Crippen LogP contribution in [0, 0.1) is 6.92 Å². The second-order valence-electron chi connectivity index (χ2n) is 5.38. The van der Waals surface area contributed by atoms with E-state index in [1.807, 2.05) is 12.1 Å². The van der Waals surface area contributed by atoms with Gasteiger partial charge >= 0.3 is 0 Å². The van der Waals surface area contributed by atoms with E-state index in [1.54, 1.807) is 32.4 Å². The minimum absolute atomic E-state index is 0.174. The summed E-state index contributed by atoms with van der Waals surface area (Å²) in [6.07, 6.45) is 1.65. The predicted molar refractivity (Wildman–Crippen MR) is 91.4 cm³/mol. The number of methoxy groups -OCH3 is 1. The molecule has 25 heavy (non-hydrogen) atoms. The summed E-state index contributed by atoms with van der Waals surface area (Å²) in [7, 11) is 1.57. The molecule has 8 heteroatoms. The fraction of sp³-hybridized carbons (Fsp3) is 0.235. The van der Waals surface area contributed by atoms with Crippen LogP contribution in [0.1, 0.15) is 16.2 Å². The maximum Gasteiger partial charge on any atom is 0.274 e. The summed E-state index contributed by atoms with van der Waals surface area (Å²) in [4.78, 5) is 26.7. The largest absolute Gasteiger partial charge is 0.493 e. The molecule has 1 amide bonds. The first-order valence-corrected chi connectivity index (χ1v) is 7.72. The van der Waals surface area contributed by atoms with Crippen LogP contribution in [0.25, 0.3) is 5.52 Å². The number of nitrogens with one attached hydrogen (secondary N) is 2. The number of aryl methyl sites for hydroxylation is 1. The standard InChI is InChI=1S/C17H18N4O4/c1-11-10-21-13(17(23)19-11)9-12(20-21)16(22)18-7-8-25-15-6-4-3-5-14(15)24-2/h3-6,9-10H,7-8H2,1-2H3,(H,18,22)(H,19,23). The molecule has 0 atom stereocenters. The van der Waals surface area contributed by atoms with E-state index in [0.717, 1.165) is 0 Å². The van der Waals surface area contributed by atoms with E-state index >= 15 is 0 Å². The van der Waals surface area contributed by atoms with Gasteiger partial charge in [-0.05, 0) is 19.1 Å². The van der Waals surface area contributed by atoms with Gasteiger partial charge in [0, 0.05) is 18.0 Å². The smallest absolute Gasteiger partial charge is 0.274 e. The lowest BCUT2D eigenvalue weighted by Crippen LogP contribution is -2.28. The first kappa shape index (κ1) is 16.6. The SMILES string of the molecule is COc1ccccc1OCCNC(=O)c1cc2c(=O)[nH]c(C)cn2n1. The number of aromatic amines is 1. The number of carbonyl (C=O) groups is 1. The average Bonchev–Trinajstić information content (AvgIpc) is 3.03. The lowest BCUT2D eigenvalue weighted by Gasteiger charge is -2.10. The molecule has 0 spiro atoms. The van der Waals surface area contributed by atoms with Crippen LogP contribution >= 0.6 is 0 Å². The number of para-hydroxylation sites is 2. The Kier molecular flexibility index (Phi) is 4.69. The highest BCUT2D eigenvalue weighted by Gasteiger charge is 2.12. The van der Waals surface area contributed by atoms with Crippen LogP contribution in [0.4, 0.5) is 0 Å². The number of benzene rings is 1. The van der Waals surface area contributed by atoms with Gasteiger partial charge in [-0.1, -0.05) is 12.1 Å². The van der Waals surface area contributed by atoms with Crippen molar-refractivity contribution in [2.75, 3.05) is 20.3 Å². The number of amides is 1. The van der Waals surface area contributed by atoms with Gasteiger partial charge in [0.05, 0.1) is 13.7 Å². The van der Waals surface area contributed by atoms with Crippen LogP contribution in [0.2, 0.25) is 0 Å². The van der Waals surface area contributed by atoms with Gasteiger partial charge in [0.1, 0.15) is 12.1 Å². The second-order valence-corrected chi connectivity index (χ2v) is 5.38. The van der Waals surface area contributed by atoms with Crippen molar-refractivity contribution in [1.82, 2.24) is 19.9 Å². The van der Waals surface area contributed by atoms with E-state index in [-0.39, 0.29) is 23.8 Å². The molecule has 0 fully saturated rings. The van der Waals surface area contributed by atoms with Gasteiger partial charge < -0.3 is 19.8 Å². The van der Waals surface area contributed by atoms with Crippen molar-refractivity contribution in [1.29, 1.82) is 0 Å². The van der Waals surface area contributed by atoms with Crippen molar-refractivity contribution >= 4 is 11.4 Å². The van der Waals surface area contributed by atoms with Gasteiger partial charge in [0.15, 0.2) is 17.2 Å². The third-order valence-electron chi connectivity index (χ3n) is 3.54. The lowest BCUT2D eigenvalue weighted by atomic mass is 10.3. The Bertz CT molecular complexity index is 961. The minimum atomic E-state index is -0.371. The number of hydrogen-bond acceptors (Lipinski definition) is 5. The monoisotopic (exact) mass is 342 g/mol. The van der Waals surface area contributed by atoms with Crippen LogP contribution in [0.3, 0.4) is 0 Å². The van der Waals surface area contributed by atoms with Crippen LogP contribution in [-0.2, 0) is 0 Å². The maximum atomic E-state index is 12.2. The molecule has 8 nitrogen and oxygen atoms in total. The third kappa shape index (κ3) is 3.63. The molecule has 2 heterocycles. The minimum Gasteiger partial charge on any atom is -0.493 e. The van der Waals surface area contributed by atoms with Gasteiger partial charge in [-0.2, -0.15) is 5.10 Å². The van der Waals surface area contributed by atoms with Gasteiger partial charge in [-0.15, -0.1) is 0 Å². The lowest BCUT2D eigenvalue weighted by molar-refractivity contribution is 0.0941. The zero-order chi connectivity index (χ0) is 17.8. The molecule has 0 bridgehead atoms. The molecule has 0 saturated carbocycles. The summed E-state index contributed by atoms with van der Waals surface area (Å²) in [6.45, 7) is 2.32. The Balaban J connectivity index is 1.60. The molecule has 3 aromatic rings. The van der Waals surface area contributed by atoms with Crippen LogP contribution in [0.15, 0.2) is 41.3 Å². The van der Waals surface area contributed by atoms with Gasteiger partial charge in [0.25, 0.3) is 11.5 Å². The number of fused-ring (bicyclic) bond motifs is 1. The third-order valence-corrected chi connectivity index (χ3v) is 3.54. The van der Waals surface area contributed by atoms with E-state index in [9.17, 15) is 9.59 Å². The molecule has 0 radical (unpaired) electrons. The quantitative estimate of drug-likeness (QED) is 0.655. The van der Waals surface area contributed by atoms with E-state index in [2.05, 4.69) is 15.4 Å². The highest BCUT2D eigenvalue weighted by Crippen LogP contribution is 2.25. The molecular formula is C17H18N4O4. The summed E-state index contributed by atoms with van der Waals surface area (Å²) in [6, 6.07) is 8.73. The Morgan fingerprint density at radius 3 is 2.84 bits per heavy atom. The maximum absolute atomic E-state index is 12.2. The number of hydrogen-bond donors (Lipinski definition) is 2. The molecule has 2 N–H and O–H groups in total. The summed E-state index contributed by atoms with van der Waals surface area (Å²) in [5.74, 6) is 0.863. The van der Waals surface area contributed by atoms with Crippen molar-refractivity contribution in [3.05, 3.63) is 58.3 Å². The fourth-order valence-electron chi connectivity index (χ4n) is 2.39. The topological polar surface area (TPSA) is 97.7 Å². The van der Waals surface area contributed by atoms with E-state index in [1.165, 1.54) is 10.6 Å². The normalized spacial score (nSPS) is 10.6. The van der Waals surface area contributed by atoms with E-state index in [4.69, 9.17) is 9.47 Å². The fourth-order valence-corrected chi connectivity index (χ4v) is 2.39. The highest BCUT2D eigenvalue weighted by atomic mass is 16.5. The summed E-state index contributed by atoms with van der Waals surface area (Å²) < 4.78 is 12.2. The van der Waals surface area contributed by atoms with Crippen molar-refractivity contribution in [2.45, 2.75) is 6.92 Å². The second kappa shape index (κ2) is 7.08. The first-order chi connectivity index (χ1) is 12.1. The zero-order valence-electron chi connectivity index (χ0n) is 13.9. The molecule has 130 valence electrons. The number of rotatable bonds is 6. The van der Waals surface area contributed by atoms with Crippen molar-refractivity contribution in [2.24, 2.45) is 0 Å². The molecule has 0 saturated heterocycles. The van der Waals surface area contributed by atoms with E-state index in [0.29, 0.717) is 29.3 Å². The molecule has 0 aliphatic heterocycles. The predicted octanol–water partition coefficient (Wildman–Crippen LogP) is 1.15. The molecule has 0 unspecified atom stereocenters. The van der Waals surface area contributed by atoms with Crippen molar-refractivity contribution < 1.29 is 14.3 Å². The molecule has 1 aromatic carbocycles.